The zero-order valence-corrected chi connectivity index (χ0v) is 12.6. The van der Waals surface area contributed by atoms with E-state index in [1.165, 1.54) is 17.7 Å². The Bertz CT molecular complexity index is 436. The van der Waals surface area contributed by atoms with Crippen molar-refractivity contribution in [2.75, 3.05) is 19.6 Å². The van der Waals surface area contributed by atoms with Crippen molar-refractivity contribution < 1.29 is 4.79 Å². The molecule has 0 radical (unpaired) electrons. The van der Waals surface area contributed by atoms with Gasteiger partial charge in [-0.2, -0.15) is 0 Å². The molecule has 1 aromatic heterocycles. The number of nitrogens with two attached hydrogens (primary N) is 1. The highest BCUT2D eigenvalue weighted by atomic mass is 32.1. The normalized spacial score (nSPS) is 21.1. The number of hydrogen-bond acceptors (Lipinski definition) is 4. The van der Waals surface area contributed by atoms with Gasteiger partial charge in [0.2, 0.25) is 5.91 Å². The van der Waals surface area contributed by atoms with Crippen molar-refractivity contribution in [2.45, 2.75) is 44.3 Å². The molecule has 2 aliphatic rings. The van der Waals surface area contributed by atoms with Crippen LogP contribution in [0, 0.1) is 0 Å². The van der Waals surface area contributed by atoms with Crippen molar-refractivity contribution in [3.63, 3.8) is 0 Å². The highest BCUT2D eigenvalue weighted by molar-refractivity contribution is 7.09. The fourth-order valence-electron chi connectivity index (χ4n) is 2.77. The molecule has 5 heteroatoms. The molecule has 110 valence electrons. The van der Waals surface area contributed by atoms with Gasteiger partial charge in [0, 0.05) is 30.1 Å². The van der Waals surface area contributed by atoms with Gasteiger partial charge in [-0.05, 0) is 37.1 Å². The zero-order chi connectivity index (χ0) is 13.9. The third-order valence-corrected chi connectivity index (χ3v) is 5.07. The summed E-state index contributed by atoms with van der Waals surface area (Å²) < 4.78 is 0. The van der Waals surface area contributed by atoms with Crippen LogP contribution in [0.15, 0.2) is 17.5 Å². The predicted octanol–water partition coefficient (Wildman–Crippen LogP) is 1.66. The summed E-state index contributed by atoms with van der Waals surface area (Å²) in [5, 5.41) is 2.08. The molecule has 1 aliphatic carbocycles. The first-order valence-electron chi connectivity index (χ1n) is 7.52. The maximum atomic E-state index is 12.6. The summed E-state index contributed by atoms with van der Waals surface area (Å²) in [6.45, 7) is 3.28. The van der Waals surface area contributed by atoms with Crippen LogP contribution in [0.1, 0.15) is 30.6 Å². The zero-order valence-electron chi connectivity index (χ0n) is 11.8. The van der Waals surface area contributed by atoms with Crippen molar-refractivity contribution in [1.29, 1.82) is 0 Å². The first-order chi connectivity index (χ1) is 9.72. The largest absolute Gasteiger partial charge is 0.333 e. The topological polar surface area (TPSA) is 49.6 Å². The molecule has 1 saturated heterocycles. The first-order valence-corrected chi connectivity index (χ1v) is 8.40. The molecule has 0 spiro atoms. The van der Waals surface area contributed by atoms with Crippen LogP contribution in [0.3, 0.4) is 0 Å². The number of carbonyl (C=O) groups is 1. The Kier molecular flexibility index (Phi) is 4.38. The molecule has 0 unspecified atom stereocenters. The van der Waals surface area contributed by atoms with Crippen LogP contribution >= 0.6 is 11.3 Å². The van der Waals surface area contributed by atoms with Crippen LogP contribution in [0.25, 0.3) is 0 Å². The number of amides is 1. The quantitative estimate of drug-likeness (QED) is 0.898. The van der Waals surface area contributed by atoms with Crippen molar-refractivity contribution in [2.24, 2.45) is 5.73 Å². The van der Waals surface area contributed by atoms with Gasteiger partial charge in [-0.15, -0.1) is 11.3 Å². The summed E-state index contributed by atoms with van der Waals surface area (Å²) >= 11 is 1.74. The lowest BCUT2D eigenvalue weighted by atomic mass is 10.1. The maximum Gasteiger partial charge on any atom is 0.237 e. The molecule has 0 atom stereocenters. The van der Waals surface area contributed by atoms with E-state index in [0.29, 0.717) is 18.6 Å². The van der Waals surface area contributed by atoms with E-state index < -0.39 is 0 Å². The molecule has 0 aromatic carbocycles. The fraction of sp³-hybridized carbons (Fsp3) is 0.667. The minimum absolute atomic E-state index is 0.288. The summed E-state index contributed by atoms with van der Waals surface area (Å²) in [6, 6.07) is 4.98. The average molecular weight is 293 g/mol. The summed E-state index contributed by atoms with van der Waals surface area (Å²) in [7, 11) is 0. The van der Waals surface area contributed by atoms with Crippen LogP contribution < -0.4 is 5.73 Å². The van der Waals surface area contributed by atoms with Gasteiger partial charge in [0.15, 0.2) is 0 Å². The molecule has 1 aliphatic heterocycles. The van der Waals surface area contributed by atoms with E-state index in [-0.39, 0.29) is 5.91 Å². The molecule has 20 heavy (non-hydrogen) atoms. The molecule has 4 nitrogen and oxygen atoms in total. The van der Waals surface area contributed by atoms with Crippen LogP contribution in [-0.4, -0.2) is 47.4 Å². The molecule has 2 fully saturated rings. The number of nitrogens with zero attached hydrogens (tertiary/aromatic N) is 2. The van der Waals surface area contributed by atoms with Gasteiger partial charge in [-0.1, -0.05) is 6.07 Å². The highest BCUT2D eigenvalue weighted by Gasteiger charge is 2.33. The van der Waals surface area contributed by atoms with Crippen molar-refractivity contribution in [3.8, 4) is 0 Å². The molecule has 1 aromatic rings. The average Bonchev–Trinajstić information content (AvgIpc) is 3.15. The second kappa shape index (κ2) is 6.24. The van der Waals surface area contributed by atoms with Gasteiger partial charge in [0.05, 0.1) is 13.1 Å². The SMILES string of the molecule is NC1CCN(CC(=O)N(Cc2cccs2)C2CC2)CC1. The molecule has 0 bridgehead atoms. The van der Waals surface area contributed by atoms with Gasteiger partial charge in [0.1, 0.15) is 0 Å². The summed E-state index contributed by atoms with van der Waals surface area (Å²) in [4.78, 5) is 18.2. The lowest BCUT2D eigenvalue weighted by molar-refractivity contribution is -0.133. The van der Waals surface area contributed by atoms with E-state index in [4.69, 9.17) is 5.73 Å². The number of rotatable bonds is 5. The Labute approximate surface area is 124 Å². The number of hydrogen-bond donors (Lipinski definition) is 1. The van der Waals surface area contributed by atoms with E-state index >= 15 is 0 Å². The summed E-state index contributed by atoms with van der Waals surface area (Å²) in [6.07, 6.45) is 4.37. The lowest BCUT2D eigenvalue weighted by Gasteiger charge is -2.31. The molecule has 2 N–H and O–H groups in total. The Morgan fingerprint density at radius 2 is 2.10 bits per heavy atom. The van der Waals surface area contributed by atoms with Gasteiger partial charge in [0.25, 0.3) is 0 Å². The number of piperidine rings is 1. The van der Waals surface area contributed by atoms with E-state index in [1.54, 1.807) is 11.3 Å². The fourth-order valence-corrected chi connectivity index (χ4v) is 3.47. The first kappa shape index (κ1) is 14.0. The molecule has 1 saturated carbocycles. The second-order valence-corrected chi connectivity index (χ2v) is 6.98. The third-order valence-electron chi connectivity index (χ3n) is 4.21. The summed E-state index contributed by atoms with van der Waals surface area (Å²) in [5.41, 5.74) is 5.92. The summed E-state index contributed by atoms with van der Waals surface area (Å²) in [5.74, 6) is 0.288. The Morgan fingerprint density at radius 3 is 2.70 bits per heavy atom. The molecular formula is C15H23N3OS. The third kappa shape index (κ3) is 3.59. The number of carbonyl (C=O) groups excluding carboxylic acids is 1. The molecule has 2 heterocycles. The second-order valence-electron chi connectivity index (χ2n) is 5.95. The van der Waals surface area contributed by atoms with Gasteiger partial charge in [-0.25, -0.2) is 0 Å². The van der Waals surface area contributed by atoms with Crippen LogP contribution in [0.5, 0.6) is 0 Å². The Balaban J connectivity index is 1.55. The Morgan fingerprint density at radius 1 is 1.35 bits per heavy atom. The van der Waals surface area contributed by atoms with Crippen molar-refractivity contribution in [1.82, 2.24) is 9.80 Å². The van der Waals surface area contributed by atoms with Gasteiger partial charge >= 0.3 is 0 Å². The predicted molar refractivity (Wildman–Crippen MR) is 81.5 cm³/mol. The van der Waals surface area contributed by atoms with Gasteiger partial charge in [-0.3, -0.25) is 9.69 Å². The van der Waals surface area contributed by atoms with Crippen molar-refractivity contribution >= 4 is 17.2 Å². The van der Waals surface area contributed by atoms with Gasteiger partial charge < -0.3 is 10.6 Å². The van der Waals surface area contributed by atoms with E-state index in [2.05, 4.69) is 27.3 Å². The van der Waals surface area contributed by atoms with E-state index in [0.717, 1.165) is 32.5 Å². The number of likely N-dealkylation sites (tertiary alicyclic amines) is 1. The minimum Gasteiger partial charge on any atom is -0.333 e. The van der Waals surface area contributed by atoms with E-state index in [1.807, 2.05) is 0 Å². The molecular weight excluding hydrogens is 270 g/mol. The number of thiophene rings is 1. The molecule has 3 rings (SSSR count). The van der Waals surface area contributed by atoms with Crippen molar-refractivity contribution in [3.05, 3.63) is 22.4 Å². The van der Waals surface area contributed by atoms with Crippen LogP contribution in [0.2, 0.25) is 0 Å². The lowest BCUT2D eigenvalue weighted by Crippen LogP contribution is -2.46. The van der Waals surface area contributed by atoms with E-state index in [9.17, 15) is 4.79 Å². The highest BCUT2D eigenvalue weighted by Crippen LogP contribution is 2.29. The maximum absolute atomic E-state index is 12.6. The Hall–Kier alpha value is -0.910. The monoisotopic (exact) mass is 293 g/mol. The van der Waals surface area contributed by atoms with Crippen LogP contribution in [0.4, 0.5) is 0 Å². The minimum atomic E-state index is 0.288. The standard InChI is InChI=1S/C15H23N3OS/c16-12-5-7-17(8-6-12)11-15(19)18(13-3-4-13)10-14-2-1-9-20-14/h1-2,9,12-13H,3-8,10-11,16H2. The molecule has 1 amide bonds. The smallest absolute Gasteiger partial charge is 0.237 e. The van der Waals surface area contributed by atoms with Crippen LogP contribution in [-0.2, 0) is 11.3 Å².